The van der Waals surface area contributed by atoms with Crippen LogP contribution in [0.25, 0.3) is 0 Å². The third-order valence-electron chi connectivity index (χ3n) is 5.55. The van der Waals surface area contributed by atoms with Crippen LogP contribution in [0.2, 0.25) is 0 Å². The van der Waals surface area contributed by atoms with Gasteiger partial charge in [-0.1, -0.05) is 36.4 Å². The zero-order chi connectivity index (χ0) is 21.1. The Bertz CT molecular complexity index is 1110. The third kappa shape index (κ3) is 4.44. The lowest BCUT2D eigenvalue weighted by atomic mass is 9.98. The van der Waals surface area contributed by atoms with Gasteiger partial charge in [0.25, 0.3) is 0 Å². The first-order chi connectivity index (χ1) is 14.5. The van der Waals surface area contributed by atoms with Crippen LogP contribution in [0.15, 0.2) is 64.9 Å². The number of aryl methyl sites for hydroxylation is 1. The third-order valence-corrected chi connectivity index (χ3v) is 7.97. The van der Waals surface area contributed by atoms with Crippen LogP contribution < -0.4 is 9.46 Å². The SMILES string of the molecule is COc1ccc(C)cc1S(=O)(=O)NC[C@H](c1cccs1)N1CCc2ccccc2C1. The fraction of sp³-hybridized carbons (Fsp3) is 0.304. The molecule has 3 aromatic rings. The van der Waals surface area contributed by atoms with E-state index >= 15 is 0 Å². The highest BCUT2D eigenvalue weighted by Crippen LogP contribution is 2.31. The first kappa shape index (κ1) is 21.1. The molecule has 0 amide bonds. The highest BCUT2D eigenvalue weighted by atomic mass is 32.2. The molecule has 2 aromatic carbocycles. The molecule has 0 saturated carbocycles. The number of fused-ring (bicyclic) bond motifs is 1. The van der Waals surface area contributed by atoms with Crippen molar-refractivity contribution in [1.29, 1.82) is 0 Å². The predicted octanol–water partition coefficient (Wildman–Crippen LogP) is 4.14. The van der Waals surface area contributed by atoms with Gasteiger partial charge in [0.1, 0.15) is 10.6 Å². The number of hydrogen-bond acceptors (Lipinski definition) is 5. The van der Waals surface area contributed by atoms with E-state index in [0.29, 0.717) is 12.3 Å². The molecule has 1 N–H and O–H groups in total. The smallest absolute Gasteiger partial charge is 0.244 e. The molecular weight excluding hydrogens is 416 g/mol. The monoisotopic (exact) mass is 442 g/mol. The summed E-state index contributed by atoms with van der Waals surface area (Å²) in [7, 11) is -2.22. The van der Waals surface area contributed by atoms with E-state index in [-0.39, 0.29) is 10.9 Å². The minimum Gasteiger partial charge on any atom is -0.495 e. The second-order valence-corrected chi connectivity index (χ2v) is 10.2. The van der Waals surface area contributed by atoms with Gasteiger partial charge in [-0.3, -0.25) is 4.90 Å². The second-order valence-electron chi connectivity index (χ2n) is 7.53. The second kappa shape index (κ2) is 8.89. The molecule has 1 aromatic heterocycles. The molecule has 0 unspecified atom stereocenters. The summed E-state index contributed by atoms with van der Waals surface area (Å²) in [5, 5.41) is 2.04. The van der Waals surface area contributed by atoms with Gasteiger partial charge < -0.3 is 4.74 Å². The quantitative estimate of drug-likeness (QED) is 0.597. The fourth-order valence-corrected chi connectivity index (χ4v) is 6.09. The molecule has 0 bridgehead atoms. The van der Waals surface area contributed by atoms with Gasteiger partial charge in [-0.05, 0) is 53.6 Å². The van der Waals surface area contributed by atoms with Crippen LogP contribution in [0.5, 0.6) is 5.75 Å². The molecule has 0 fully saturated rings. The number of rotatable bonds is 7. The molecular formula is C23H26N2O3S2. The molecule has 1 aliphatic rings. The molecule has 4 rings (SSSR count). The van der Waals surface area contributed by atoms with Crippen LogP contribution in [0, 0.1) is 6.92 Å². The maximum atomic E-state index is 13.1. The van der Waals surface area contributed by atoms with Gasteiger partial charge in [-0.25, -0.2) is 13.1 Å². The van der Waals surface area contributed by atoms with Gasteiger partial charge >= 0.3 is 0 Å². The Morgan fingerprint density at radius 2 is 1.93 bits per heavy atom. The van der Waals surface area contributed by atoms with Crippen molar-refractivity contribution in [1.82, 2.24) is 9.62 Å². The molecule has 0 radical (unpaired) electrons. The predicted molar refractivity (Wildman–Crippen MR) is 121 cm³/mol. The zero-order valence-corrected chi connectivity index (χ0v) is 18.8. The Labute approximate surface area is 182 Å². The fourth-order valence-electron chi connectivity index (χ4n) is 3.93. The lowest BCUT2D eigenvalue weighted by molar-refractivity contribution is 0.183. The number of hydrogen-bond donors (Lipinski definition) is 1. The summed E-state index contributed by atoms with van der Waals surface area (Å²) in [4.78, 5) is 3.71. The Morgan fingerprint density at radius 1 is 1.13 bits per heavy atom. The minimum absolute atomic E-state index is 0.0241. The van der Waals surface area contributed by atoms with Crippen molar-refractivity contribution in [2.75, 3.05) is 20.2 Å². The first-order valence-electron chi connectivity index (χ1n) is 9.96. The lowest BCUT2D eigenvalue weighted by Crippen LogP contribution is -2.40. The highest BCUT2D eigenvalue weighted by Gasteiger charge is 2.28. The summed E-state index contributed by atoms with van der Waals surface area (Å²) in [5.41, 5.74) is 3.57. The first-order valence-corrected chi connectivity index (χ1v) is 12.3. The van der Waals surface area contributed by atoms with Crippen molar-refractivity contribution in [3.05, 3.63) is 81.5 Å². The molecule has 2 heterocycles. The zero-order valence-electron chi connectivity index (χ0n) is 17.2. The van der Waals surface area contributed by atoms with Crippen molar-refractivity contribution in [2.45, 2.75) is 30.8 Å². The molecule has 1 atom stereocenters. The lowest BCUT2D eigenvalue weighted by Gasteiger charge is -2.35. The number of thiophene rings is 1. The number of nitrogens with zero attached hydrogens (tertiary/aromatic N) is 1. The van der Waals surface area contributed by atoms with Crippen molar-refractivity contribution in [2.24, 2.45) is 0 Å². The van der Waals surface area contributed by atoms with Crippen molar-refractivity contribution in [3.63, 3.8) is 0 Å². The summed E-state index contributed by atoms with van der Waals surface area (Å²) < 4.78 is 34.4. The average Bonchev–Trinajstić information content (AvgIpc) is 3.28. The van der Waals surface area contributed by atoms with Crippen molar-refractivity contribution < 1.29 is 13.2 Å². The molecule has 7 heteroatoms. The van der Waals surface area contributed by atoms with E-state index in [1.54, 1.807) is 23.5 Å². The van der Waals surface area contributed by atoms with Gasteiger partial charge in [0.2, 0.25) is 10.0 Å². The molecule has 5 nitrogen and oxygen atoms in total. The highest BCUT2D eigenvalue weighted by molar-refractivity contribution is 7.89. The van der Waals surface area contributed by atoms with E-state index in [1.807, 2.05) is 24.4 Å². The van der Waals surface area contributed by atoms with Crippen LogP contribution in [-0.4, -0.2) is 33.5 Å². The minimum atomic E-state index is -3.71. The van der Waals surface area contributed by atoms with E-state index in [1.165, 1.54) is 18.2 Å². The summed E-state index contributed by atoms with van der Waals surface area (Å²) in [6.45, 7) is 3.89. The van der Waals surface area contributed by atoms with Gasteiger partial charge in [0.15, 0.2) is 0 Å². The van der Waals surface area contributed by atoms with E-state index < -0.39 is 10.0 Å². The van der Waals surface area contributed by atoms with E-state index in [2.05, 4.69) is 40.0 Å². The molecule has 0 spiro atoms. The number of benzene rings is 2. The van der Waals surface area contributed by atoms with E-state index in [0.717, 1.165) is 30.0 Å². The van der Waals surface area contributed by atoms with Crippen molar-refractivity contribution >= 4 is 21.4 Å². The molecule has 30 heavy (non-hydrogen) atoms. The van der Waals surface area contributed by atoms with E-state index in [4.69, 9.17) is 4.74 Å². The topological polar surface area (TPSA) is 58.6 Å². The summed E-state index contributed by atoms with van der Waals surface area (Å²) in [6.07, 6.45) is 0.969. The van der Waals surface area contributed by atoms with Crippen molar-refractivity contribution in [3.8, 4) is 5.75 Å². The van der Waals surface area contributed by atoms with Gasteiger partial charge in [0, 0.05) is 24.5 Å². The van der Waals surface area contributed by atoms with Crippen LogP contribution in [0.3, 0.4) is 0 Å². The molecule has 0 saturated heterocycles. The maximum absolute atomic E-state index is 13.1. The largest absolute Gasteiger partial charge is 0.495 e. The molecule has 158 valence electrons. The standard InChI is InChI=1S/C23H26N2O3S2/c1-17-9-10-21(28-2)23(14-17)30(26,27)24-15-20(22-8-5-13-29-22)25-12-11-18-6-3-4-7-19(18)16-25/h3-10,13-14,20,24H,11-12,15-16H2,1-2H3/t20-/m1/s1. The normalized spacial score (nSPS) is 15.5. The summed E-state index contributed by atoms with van der Waals surface area (Å²) >= 11 is 1.66. The maximum Gasteiger partial charge on any atom is 0.244 e. The Balaban J connectivity index is 1.58. The Hall–Kier alpha value is -2.19. The molecule has 0 aliphatic carbocycles. The van der Waals surface area contributed by atoms with E-state index in [9.17, 15) is 8.42 Å². The Morgan fingerprint density at radius 3 is 2.67 bits per heavy atom. The van der Waals surface area contributed by atoms with Gasteiger partial charge in [-0.2, -0.15) is 0 Å². The van der Waals surface area contributed by atoms with Crippen LogP contribution in [0.4, 0.5) is 0 Å². The van der Waals surface area contributed by atoms with Crippen LogP contribution in [0.1, 0.15) is 27.6 Å². The number of nitrogens with one attached hydrogen (secondary N) is 1. The molecule has 1 aliphatic heterocycles. The van der Waals surface area contributed by atoms with Crippen LogP contribution >= 0.6 is 11.3 Å². The van der Waals surface area contributed by atoms with Crippen LogP contribution in [-0.2, 0) is 23.0 Å². The Kier molecular flexibility index (Phi) is 6.24. The van der Waals surface area contributed by atoms with Gasteiger partial charge in [0.05, 0.1) is 13.2 Å². The average molecular weight is 443 g/mol. The number of ether oxygens (including phenoxy) is 1. The number of sulfonamides is 1. The van der Waals surface area contributed by atoms with Gasteiger partial charge in [-0.15, -0.1) is 11.3 Å². The summed E-state index contributed by atoms with van der Waals surface area (Å²) in [6, 6.07) is 17.8. The summed E-state index contributed by atoms with van der Waals surface area (Å²) in [5.74, 6) is 0.354. The number of methoxy groups -OCH3 is 1.